The Kier molecular flexibility index (Phi) is 3.42. The van der Waals surface area contributed by atoms with Crippen molar-refractivity contribution in [2.75, 3.05) is 12.4 Å². The van der Waals surface area contributed by atoms with Crippen molar-refractivity contribution in [2.24, 2.45) is 7.05 Å². The van der Waals surface area contributed by atoms with Crippen LogP contribution in [0.4, 0.5) is 0 Å². The topological polar surface area (TPSA) is 57.0 Å². The molecule has 2 heterocycles. The molecule has 6 heteroatoms. The minimum atomic E-state index is -0.444. The van der Waals surface area contributed by atoms with Gasteiger partial charge in [-0.05, 0) is 32.4 Å². The summed E-state index contributed by atoms with van der Waals surface area (Å²) < 4.78 is 6.59. The number of aromatic nitrogens is 3. The van der Waals surface area contributed by atoms with Gasteiger partial charge in [-0.2, -0.15) is 0 Å². The van der Waals surface area contributed by atoms with Crippen molar-refractivity contribution in [3.63, 3.8) is 0 Å². The molecule has 0 saturated carbocycles. The molecule has 1 aliphatic rings. The Balaban J connectivity index is 2.27. The van der Waals surface area contributed by atoms with E-state index in [1.165, 1.54) is 6.42 Å². The van der Waals surface area contributed by atoms with Gasteiger partial charge >= 0.3 is 5.97 Å². The number of thioether (sulfide) groups is 1. The highest BCUT2D eigenvalue weighted by Crippen LogP contribution is 2.45. The average Bonchev–Trinajstić information content (AvgIpc) is 2.86. The second kappa shape index (κ2) is 4.68. The second-order valence-electron chi connectivity index (χ2n) is 4.29. The molecule has 94 valence electrons. The van der Waals surface area contributed by atoms with Gasteiger partial charge in [0.2, 0.25) is 0 Å². The third-order valence-electron chi connectivity index (χ3n) is 2.91. The molecule has 1 aliphatic heterocycles. The lowest BCUT2D eigenvalue weighted by atomic mass is 10.1. The molecule has 0 aliphatic carbocycles. The molecule has 1 saturated heterocycles. The molecule has 0 N–H and O–H groups in total. The van der Waals surface area contributed by atoms with Gasteiger partial charge in [-0.1, -0.05) is 0 Å². The monoisotopic (exact) mass is 255 g/mol. The standard InChI is InChI=1S/C11H17N3O2S/c1-4-16-9(15)8-12-10(14(3)13-8)11(2)6-5-7-17-11/h4-7H2,1-3H3. The van der Waals surface area contributed by atoms with E-state index in [1.807, 2.05) is 18.8 Å². The Morgan fingerprint density at radius 2 is 2.41 bits per heavy atom. The Morgan fingerprint density at radius 3 is 3.00 bits per heavy atom. The van der Waals surface area contributed by atoms with Crippen LogP contribution in [0.2, 0.25) is 0 Å². The van der Waals surface area contributed by atoms with Crippen LogP contribution in [-0.2, 0) is 16.5 Å². The van der Waals surface area contributed by atoms with Gasteiger partial charge in [-0.3, -0.25) is 4.68 Å². The predicted octanol–water partition coefficient (Wildman–Crippen LogP) is 1.73. The minimum Gasteiger partial charge on any atom is -0.460 e. The summed E-state index contributed by atoms with van der Waals surface area (Å²) >= 11 is 1.87. The number of ether oxygens (including phenoxy) is 1. The van der Waals surface area contributed by atoms with Crippen molar-refractivity contribution in [1.29, 1.82) is 0 Å². The Hall–Kier alpha value is -1.04. The summed E-state index contributed by atoms with van der Waals surface area (Å²) in [5, 5.41) is 4.14. The summed E-state index contributed by atoms with van der Waals surface area (Å²) in [6.07, 6.45) is 2.26. The lowest BCUT2D eigenvalue weighted by Crippen LogP contribution is -2.19. The van der Waals surface area contributed by atoms with Crippen LogP contribution in [0.25, 0.3) is 0 Å². The lowest BCUT2D eigenvalue weighted by Gasteiger charge is -2.20. The first-order valence-electron chi connectivity index (χ1n) is 5.79. The van der Waals surface area contributed by atoms with Crippen LogP contribution in [0.15, 0.2) is 0 Å². The fraction of sp³-hybridized carbons (Fsp3) is 0.727. The highest BCUT2D eigenvalue weighted by molar-refractivity contribution is 8.00. The van der Waals surface area contributed by atoms with E-state index < -0.39 is 5.97 Å². The number of aryl methyl sites for hydroxylation is 1. The summed E-state index contributed by atoms with van der Waals surface area (Å²) in [6, 6.07) is 0. The van der Waals surface area contributed by atoms with E-state index in [9.17, 15) is 4.79 Å². The number of esters is 1. The van der Waals surface area contributed by atoms with Crippen LogP contribution >= 0.6 is 11.8 Å². The lowest BCUT2D eigenvalue weighted by molar-refractivity contribution is 0.0512. The number of hydrogen-bond donors (Lipinski definition) is 0. The number of rotatable bonds is 3. The molecule has 1 atom stereocenters. The van der Waals surface area contributed by atoms with Gasteiger partial charge in [0.1, 0.15) is 5.82 Å². The van der Waals surface area contributed by atoms with Crippen LogP contribution in [0, 0.1) is 0 Å². The average molecular weight is 255 g/mol. The maximum atomic E-state index is 11.6. The molecule has 0 amide bonds. The molecule has 0 bridgehead atoms. The van der Waals surface area contributed by atoms with Crippen LogP contribution in [0.5, 0.6) is 0 Å². The van der Waals surface area contributed by atoms with Gasteiger partial charge in [-0.25, -0.2) is 9.78 Å². The summed E-state index contributed by atoms with van der Waals surface area (Å²) in [5.74, 6) is 1.72. The Labute approximate surface area is 105 Å². The molecule has 1 unspecified atom stereocenters. The Bertz CT molecular complexity index is 424. The van der Waals surface area contributed by atoms with Crippen LogP contribution < -0.4 is 0 Å². The fourth-order valence-electron chi connectivity index (χ4n) is 2.08. The maximum absolute atomic E-state index is 11.6. The number of nitrogens with zero attached hydrogens (tertiary/aromatic N) is 3. The molecule has 1 fully saturated rings. The molecule has 0 spiro atoms. The molecule has 2 rings (SSSR count). The van der Waals surface area contributed by atoms with E-state index in [-0.39, 0.29) is 10.6 Å². The Morgan fingerprint density at radius 1 is 1.65 bits per heavy atom. The molecule has 0 aromatic carbocycles. The summed E-state index contributed by atoms with van der Waals surface area (Å²) in [5.41, 5.74) is 0. The van der Waals surface area contributed by atoms with Gasteiger partial charge in [0, 0.05) is 7.05 Å². The van der Waals surface area contributed by atoms with Crippen molar-refractivity contribution in [1.82, 2.24) is 14.8 Å². The highest BCUT2D eigenvalue weighted by atomic mass is 32.2. The SMILES string of the molecule is CCOC(=O)c1nc(C2(C)CCCS2)n(C)n1. The van der Waals surface area contributed by atoms with Crippen molar-refractivity contribution in [3.05, 3.63) is 11.6 Å². The van der Waals surface area contributed by atoms with Crippen molar-refractivity contribution >= 4 is 17.7 Å². The van der Waals surface area contributed by atoms with Gasteiger partial charge < -0.3 is 4.74 Å². The quantitative estimate of drug-likeness (QED) is 0.770. The van der Waals surface area contributed by atoms with E-state index in [0.717, 1.165) is 18.0 Å². The number of hydrogen-bond acceptors (Lipinski definition) is 5. The van der Waals surface area contributed by atoms with E-state index in [0.29, 0.717) is 6.61 Å². The molecular formula is C11H17N3O2S. The summed E-state index contributed by atoms with van der Waals surface area (Å²) in [4.78, 5) is 15.9. The zero-order valence-corrected chi connectivity index (χ0v) is 11.2. The number of carbonyl (C=O) groups excluding carboxylic acids is 1. The largest absolute Gasteiger partial charge is 0.460 e. The third kappa shape index (κ3) is 2.31. The molecular weight excluding hydrogens is 238 g/mol. The normalized spacial score (nSPS) is 23.9. The molecule has 0 radical (unpaired) electrons. The van der Waals surface area contributed by atoms with Crippen molar-refractivity contribution in [3.8, 4) is 0 Å². The van der Waals surface area contributed by atoms with Crippen molar-refractivity contribution < 1.29 is 9.53 Å². The van der Waals surface area contributed by atoms with E-state index in [1.54, 1.807) is 11.6 Å². The van der Waals surface area contributed by atoms with E-state index in [2.05, 4.69) is 17.0 Å². The van der Waals surface area contributed by atoms with Crippen LogP contribution in [0.3, 0.4) is 0 Å². The van der Waals surface area contributed by atoms with E-state index >= 15 is 0 Å². The smallest absolute Gasteiger partial charge is 0.378 e. The first-order chi connectivity index (χ1) is 8.07. The second-order valence-corrected chi connectivity index (χ2v) is 5.88. The minimum absolute atomic E-state index is 0.0213. The molecule has 1 aromatic heterocycles. The van der Waals surface area contributed by atoms with Gasteiger partial charge in [0.05, 0.1) is 11.4 Å². The maximum Gasteiger partial charge on any atom is 0.378 e. The van der Waals surface area contributed by atoms with Crippen molar-refractivity contribution in [2.45, 2.75) is 31.4 Å². The predicted molar refractivity (Wildman–Crippen MR) is 66.0 cm³/mol. The van der Waals surface area contributed by atoms with Gasteiger partial charge in [-0.15, -0.1) is 16.9 Å². The van der Waals surface area contributed by atoms with Crippen LogP contribution in [0.1, 0.15) is 43.1 Å². The van der Waals surface area contributed by atoms with Crippen LogP contribution in [-0.4, -0.2) is 33.1 Å². The molecule has 5 nitrogen and oxygen atoms in total. The first kappa shape index (κ1) is 12.4. The van der Waals surface area contributed by atoms with E-state index in [4.69, 9.17) is 4.74 Å². The fourth-order valence-corrected chi connectivity index (χ4v) is 3.42. The van der Waals surface area contributed by atoms with Gasteiger partial charge in [0.25, 0.3) is 5.82 Å². The summed E-state index contributed by atoms with van der Waals surface area (Å²) in [7, 11) is 1.83. The first-order valence-corrected chi connectivity index (χ1v) is 6.78. The zero-order valence-electron chi connectivity index (χ0n) is 10.4. The number of carbonyl (C=O) groups is 1. The highest BCUT2D eigenvalue weighted by Gasteiger charge is 2.36. The zero-order chi connectivity index (χ0) is 12.5. The third-order valence-corrected chi connectivity index (χ3v) is 4.43. The summed E-state index contributed by atoms with van der Waals surface area (Å²) in [6.45, 7) is 4.28. The molecule has 1 aromatic rings. The van der Waals surface area contributed by atoms with Gasteiger partial charge in [0.15, 0.2) is 0 Å². The molecule has 17 heavy (non-hydrogen) atoms.